The maximum absolute atomic E-state index is 11.8. The van der Waals surface area contributed by atoms with Gasteiger partial charge in [0, 0.05) is 30.2 Å². The number of rotatable bonds is 7. The molecule has 0 radical (unpaired) electrons. The van der Waals surface area contributed by atoms with E-state index < -0.39 is 9.85 Å². The Labute approximate surface area is 196 Å². The summed E-state index contributed by atoms with van der Waals surface area (Å²) in [5.74, 6) is 0.949. The molecule has 3 saturated heterocycles. The van der Waals surface area contributed by atoms with E-state index in [0.29, 0.717) is 11.8 Å². The van der Waals surface area contributed by atoms with Crippen molar-refractivity contribution in [2.45, 2.75) is 24.9 Å². The maximum atomic E-state index is 11.8. The fraction of sp³-hybridized carbons (Fsp3) is 0.320. The van der Waals surface area contributed by atoms with Crippen molar-refractivity contribution in [3.05, 3.63) is 93.2 Å². The zero-order valence-electron chi connectivity index (χ0n) is 18.5. The van der Waals surface area contributed by atoms with Crippen molar-refractivity contribution in [1.82, 2.24) is 9.88 Å². The number of piperidine rings is 3. The van der Waals surface area contributed by atoms with Gasteiger partial charge in [-0.15, -0.1) is 6.58 Å². The van der Waals surface area contributed by atoms with Crippen LogP contribution in [0.2, 0.25) is 0 Å². The maximum Gasteiger partial charge on any atom is 0.299 e. The van der Waals surface area contributed by atoms with Crippen molar-refractivity contribution in [3.8, 4) is 0 Å². The zero-order chi connectivity index (χ0) is 23.8. The smallest absolute Gasteiger partial charge is 0.299 e. The third-order valence-corrected chi connectivity index (χ3v) is 7.26. The molecule has 9 nitrogen and oxygen atoms in total. The largest absolute Gasteiger partial charge is 0.371 e. The second-order valence-electron chi connectivity index (χ2n) is 9.00. The van der Waals surface area contributed by atoms with Crippen LogP contribution in [-0.2, 0) is 0 Å². The van der Waals surface area contributed by atoms with Crippen molar-refractivity contribution in [1.29, 1.82) is 0 Å². The number of hydrogen-bond acceptors (Lipinski definition) is 7. The SMILES string of the molecule is C=C[C@H]1CN2CC[C@H]1C[C@@H]2[C@H](Nc1ccc([N+](=O)[O-])cc1[N+](=O)[O-])c1ccnc2ccccc12. The summed E-state index contributed by atoms with van der Waals surface area (Å²) in [5, 5.41) is 27.4. The van der Waals surface area contributed by atoms with Gasteiger partial charge in [0.25, 0.3) is 11.4 Å². The van der Waals surface area contributed by atoms with Crippen LogP contribution in [-0.4, -0.2) is 38.9 Å². The number of nitro groups is 2. The van der Waals surface area contributed by atoms with Gasteiger partial charge in [-0.25, -0.2) is 0 Å². The lowest BCUT2D eigenvalue weighted by molar-refractivity contribution is -0.393. The minimum absolute atomic E-state index is 0.107. The fourth-order valence-corrected chi connectivity index (χ4v) is 5.57. The lowest BCUT2D eigenvalue weighted by Crippen LogP contribution is -2.56. The van der Waals surface area contributed by atoms with E-state index in [9.17, 15) is 20.2 Å². The molecular formula is C25H25N5O4. The molecule has 34 heavy (non-hydrogen) atoms. The number of hydrogen-bond donors (Lipinski definition) is 1. The van der Waals surface area contributed by atoms with Crippen molar-refractivity contribution >= 4 is 28.0 Å². The van der Waals surface area contributed by atoms with Crippen LogP contribution in [0.5, 0.6) is 0 Å². The lowest BCUT2D eigenvalue weighted by atomic mass is 9.73. The number of para-hydroxylation sites is 1. The second-order valence-corrected chi connectivity index (χ2v) is 9.00. The Morgan fingerprint density at radius 2 is 1.97 bits per heavy atom. The number of nitrogens with zero attached hydrogens (tertiary/aromatic N) is 4. The first-order chi connectivity index (χ1) is 16.5. The van der Waals surface area contributed by atoms with Crippen molar-refractivity contribution in [3.63, 3.8) is 0 Å². The average Bonchev–Trinajstić information content (AvgIpc) is 2.87. The summed E-state index contributed by atoms with van der Waals surface area (Å²) in [7, 11) is 0. The molecule has 3 aliphatic rings. The monoisotopic (exact) mass is 459 g/mol. The van der Waals surface area contributed by atoms with Gasteiger partial charge in [0.1, 0.15) is 5.69 Å². The third-order valence-electron chi connectivity index (χ3n) is 7.26. The second kappa shape index (κ2) is 8.83. The van der Waals surface area contributed by atoms with E-state index >= 15 is 0 Å². The molecule has 1 N–H and O–H groups in total. The Morgan fingerprint density at radius 3 is 2.68 bits per heavy atom. The topological polar surface area (TPSA) is 114 Å². The fourth-order valence-electron chi connectivity index (χ4n) is 5.57. The summed E-state index contributed by atoms with van der Waals surface area (Å²) in [4.78, 5) is 28.8. The molecule has 4 heterocycles. The molecule has 5 atom stereocenters. The summed E-state index contributed by atoms with van der Waals surface area (Å²) in [6.45, 7) is 5.88. The van der Waals surface area contributed by atoms with Gasteiger partial charge in [-0.3, -0.25) is 30.1 Å². The first-order valence-corrected chi connectivity index (χ1v) is 11.4. The van der Waals surface area contributed by atoms with Crippen LogP contribution in [0.4, 0.5) is 17.1 Å². The van der Waals surface area contributed by atoms with Crippen LogP contribution < -0.4 is 5.32 Å². The number of anilines is 1. The molecule has 3 aliphatic heterocycles. The summed E-state index contributed by atoms with van der Waals surface area (Å²) in [6.07, 6.45) is 5.85. The van der Waals surface area contributed by atoms with Crippen LogP contribution in [0.1, 0.15) is 24.4 Å². The predicted molar refractivity (Wildman–Crippen MR) is 130 cm³/mol. The van der Waals surface area contributed by atoms with Gasteiger partial charge in [0.05, 0.1) is 27.5 Å². The highest BCUT2D eigenvalue weighted by Gasteiger charge is 2.43. The van der Waals surface area contributed by atoms with Crippen molar-refractivity contribution in [2.24, 2.45) is 11.8 Å². The quantitative estimate of drug-likeness (QED) is 0.297. The molecule has 1 unspecified atom stereocenters. The van der Waals surface area contributed by atoms with E-state index in [1.54, 1.807) is 6.20 Å². The molecule has 3 fully saturated rings. The van der Waals surface area contributed by atoms with E-state index in [2.05, 4.69) is 21.8 Å². The summed E-state index contributed by atoms with van der Waals surface area (Å²) in [5.41, 5.74) is 1.51. The standard InChI is InChI=1S/C25H25N5O4/c1-2-16-15-28-12-10-17(16)13-24(28)25(20-9-11-26-21-6-4-3-5-19(20)21)27-22-8-7-18(29(31)32)14-23(22)30(33)34/h2-9,11,14,16-17,24-25,27H,1,10,12-13,15H2/t16-,17-,24+,25+/m0/s1. The molecule has 6 rings (SSSR count). The van der Waals surface area contributed by atoms with Gasteiger partial charge >= 0.3 is 0 Å². The third kappa shape index (κ3) is 3.88. The molecule has 0 aliphatic carbocycles. The molecule has 2 aromatic carbocycles. The molecule has 0 spiro atoms. The van der Waals surface area contributed by atoms with Crippen LogP contribution >= 0.6 is 0 Å². The zero-order valence-corrected chi connectivity index (χ0v) is 18.5. The number of nitrogens with one attached hydrogen (secondary N) is 1. The number of aromatic nitrogens is 1. The molecule has 0 saturated carbocycles. The molecule has 3 aromatic rings. The van der Waals surface area contributed by atoms with Crippen molar-refractivity contribution < 1.29 is 9.85 Å². The number of benzene rings is 2. The highest BCUT2D eigenvalue weighted by atomic mass is 16.6. The number of fused-ring (bicyclic) bond motifs is 4. The highest BCUT2D eigenvalue weighted by Crippen LogP contribution is 2.44. The van der Waals surface area contributed by atoms with Gasteiger partial charge in [0.2, 0.25) is 0 Å². The molecule has 2 bridgehead atoms. The first kappa shape index (κ1) is 22.0. The Morgan fingerprint density at radius 1 is 1.15 bits per heavy atom. The molecule has 9 heteroatoms. The van der Waals surface area contributed by atoms with Gasteiger partial charge in [-0.05, 0) is 55.0 Å². The highest BCUT2D eigenvalue weighted by molar-refractivity contribution is 5.83. The van der Waals surface area contributed by atoms with Gasteiger partial charge in [-0.1, -0.05) is 24.3 Å². The molecule has 0 amide bonds. The Kier molecular flexibility index (Phi) is 5.70. The molecule has 174 valence electrons. The van der Waals surface area contributed by atoms with Crippen LogP contribution in [0.15, 0.2) is 67.4 Å². The minimum Gasteiger partial charge on any atom is -0.371 e. The van der Waals surface area contributed by atoms with Crippen LogP contribution in [0, 0.1) is 32.1 Å². The first-order valence-electron chi connectivity index (χ1n) is 11.4. The number of pyridine rings is 1. The minimum atomic E-state index is -0.619. The summed E-state index contributed by atoms with van der Waals surface area (Å²) < 4.78 is 0. The lowest BCUT2D eigenvalue weighted by Gasteiger charge is -2.51. The van der Waals surface area contributed by atoms with E-state index in [-0.39, 0.29) is 29.1 Å². The normalized spacial score (nSPS) is 24.5. The van der Waals surface area contributed by atoms with Crippen molar-refractivity contribution in [2.75, 3.05) is 18.4 Å². The Bertz CT molecular complexity index is 1270. The van der Waals surface area contributed by atoms with E-state index in [4.69, 9.17) is 0 Å². The van der Waals surface area contributed by atoms with Gasteiger partial charge < -0.3 is 5.32 Å². The van der Waals surface area contributed by atoms with Gasteiger partial charge in [0.15, 0.2) is 0 Å². The molecular weight excluding hydrogens is 434 g/mol. The van der Waals surface area contributed by atoms with Crippen LogP contribution in [0.25, 0.3) is 10.9 Å². The molecule has 1 aromatic heterocycles. The number of non-ortho nitro benzene ring substituents is 1. The predicted octanol–water partition coefficient (Wildman–Crippen LogP) is 5.10. The van der Waals surface area contributed by atoms with E-state index in [1.807, 2.05) is 36.4 Å². The Hall–Kier alpha value is -3.85. The van der Waals surface area contributed by atoms with E-state index in [0.717, 1.165) is 48.5 Å². The Balaban J connectivity index is 1.61. The summed E-state index contributed by atoms with van der Waals surface area (Å²) in [6, 6.07) is 13.4. The van der Waals surface area contributed by atoms with Crippen LogP contribution in [0.3, 0.4) is 0 Å². The number of nitro benzene ring substituents is 2. The van der Waals surface area contributed by atoms with E-state index in [1.165, 1.54) is 12.1 Å². The average molecular weight is 460 g/mol. The summed E-state index contributed by atoms with van der Waals surface area (Å²) >= 11 is 0. The van der Waals surface area contributed by atoms with Gasteiger partial charge in [-0.2, -0.15) is 0 Å².